The van der Waals surface area contributed by atoms with Crippen molar-refractivity contribution in [1.82, 2.24) is 4.90 Å². The number of carbonyl (C=O) groups excluding carboxylic acids is 1. The highest BCUT2D eigenvalue weighted by Crippen LogP contribution is 2.33. The van der Waals surface area contributed by atoms with Crippen molar-refractivity contribution in [1.29, 1.82) is 0 Å². The lowest BCUT2D eigenvalue weighted by Crippen LogP contribution is -2.40. The minimum atomic E-state index is -0.137. The molecule has 0 saturated heterocycles. The van der Waals surface area contributed by atoms with Crippen LogP contribution in [-0.2, 0) is 4.79 Å². The van der Waals surface area contributed by atoms with Crippen LogP contribution < -0.4 is 0 Å². The average Bonchev–Trinajstić information content (AvgIpc) is 2.55. The summed E-state index contributed by atoms with van der Waals surface area (Å²) in [6, 6.07) is 0. The summed E-state index contributed by atoms with van der Waals surface area (Å²) >= 11 is 0. The van der Waals surface area contributed by atoms with Gasteiger partial charge in [0.15, 0.2) is 0 Å². The zero-order valence-corrected chi connectivity index (χ0v) is 10.5. The average molecular weight is 227 g/mol. The van der Waals surface area contributed by atoms with E-state index in [1.165, 1.54) is 32.0 Å². The van der Waals surface area contributed by atoms with Crippen molar-refractivity contribution in [2.75, 3.05) is 26.2 Å². The summed E-state index contributed by atoms with van der Waals surface area (Å²) in [5, 5.41) is 8.98. The molecule has 0 aliphatic heterocycles. The third-order valence-electron chi connectivity index (χ3n) is 3.75. The van der Waals surface area contributed by atoms with Crippen LogP contribution in [0.1, 0.15) is 45.4 Å². The van der Waals surface area contributed by atoms with E-state index < -0.39 is 0 Å². The van der Waals surface area contributed by atoms with E-state index in [0.29, 0.717) is 6.54 Å². The number of hydrogen-bond acceptors (Lipinski definition) is 3. The van der Waals surface area contributed by atoms with Gasteiger partial charge in [-0.2, -0.15) is 0 Å². The molecule has 1 rings (SSSR count). The van der Waals surface area contributed by atoms with Crippen LogP contribution >= 0.6 is 0 Å². The van der Waals surface area contributed by atoms with Gasteiger partial charge < -0.3 is 14.8 Å². The van der Waals surface area contributed by atoms with Crippen molar-refractivity contribution >= 4 is 6.29 Å². The molecule has 1 saturated carbocycles. The first-order valence-corrected chi connectivity index (χ1v) is 6.56. The number of nitrogens with zero attached hydrogens (tertiary/aromatic N) is 1. The number of aldehydes is 1. The van der Waals surface area contributed by atoms with Crippen LogP contribution in [0.25, 0.3) is 0 Å². The molecule has 0 atom stereocenters. The monoisotopic (exact) mass is 227 g/mol. The second kappa shape index (κ2) is 7.02. The molecule has 0 heterocycles. The van der Waals surface area contributed by atoms with E-state index >= 15 is 0 Å². The highest BCUT2D eigenvalue weighted by atomic mass is 16.3. The Balaban J connectivity index is 2.58. The van der Waals surface area contributed by atoms with Crippen LogP contribution in [0.5, 0.6) is 0 Å². The van der Waals surface area contributed by atoms with E-state index in [-0.39, 0.29) is 12.0 Å². The summed E-state index contributed by atoms with van der Waals surface area (Å²) in [6.45, 7) is 4.70. The molecular weight excluding hydrogens is 202 g/mol. The number of hydrogen-bond donors (Lipinski definition) is 1. The summed E-state index contributed by atoms with van der Waals surface area (Å²) in [4.78, 5) is 13.6. The predicted molar refractivity (Wildman–Crippen MR) is 65.4 cm³/mol. The van der Waals surface area contributed by atoms with Crippen LogP contribution in [0.4, 0.5) is 0 Å². The maximum Gasteiger partial charge on any atom is 0.127 e. The van der Waals surface area contributed by atoms with Gasteiger partial charge >= 0.3 is 0 Å². The minimum absolute atomic E-state index is 0.137. The first-order valence-electron chi connectivity index (χ1n) is 6.56. The Bertz CT molecular complexity index is 198. The quantitative estimate of drug-likeness (QED) is 0.556. The third kappa shape index (κ3) is 3.87. The number of rotatable bonds is 6. The van der Waals surface area contributed by atoms with Gasteiger partial charge in [-0.15, -0.1) is 0 Å². The van der Waals surface area contributed by atoms with Gasteiger partial charge in [0.25, 0.3) is 0 Å². The van der Waals surface area contributed by atoms with Crippen LogP contribution in [0, 0.1) is 5.41 Å². The van der Waals surface area contributed by atoms with Crippen LogP contribution in [0.2, 0.25) is 0 Å². The van der Waals surface area contributed by atoms with E-state index in [1.807, 2.05) is 0 Å². The number of carbonyl (C=O) groups is 1. The maximum absolute atomic E-state index is 11.4. The highest BCUT2D eigenvalue weighted by molar-refractivity contribution is 5.59. The Kier molecular flexibility index (Phi) is 5.99. The molecule has 16 heavy (non-hydrogen) atoms. The number of likely N-dealkylation sites (N-methyl/N-ethyl adjacent to an activating group) is 1. The summed E-state index contributed by atoms with van der Waals surface area (Å²) in [7, 11) is 0. The van der Waals surface area contributed by atoms with Gasteiger partial charge in [0.05, 0.1) is 6.61 Å². The Morgan fingerprint density at radius 2 is 1.88 bits per heavy atom. The highest BCUT2D eigenvalue weighted by Gasteiger charge is 2.32. The van der Waals surface area contributed by atoms with E-state index in [9.17, 15) is 4.79 Å². The SMILES string of the molecule is CCN(CCO)CC1(C=O)CCCCCC1. The molecule has 1 aliphatic rings. The lowest BCUT2D eigenvalue weighted by molar-refractivity contribution is -0.118. The van der Waals surface area contributed by atoms with Gasteiger partial charge in [-0.25, -0.2) is 0 Å². The van der Waals surface area contributed by atoms with Crippen LogP contribution in [0.3, 0.4) is 0 Å². The van der Waals surface area contributed by atoms with Crippen molar-refractivity contribution in [2.45, 2.75) is 45.4 Å². The third-order valence-corrected chi connectivity index (χ3v) is 3.75. The van der Waals surface area contributed by atoms with Gasteiger partial charge in [0.2, 0.25) is 0 Å². The fourth-order valence-electron chi connectivity index (χ4n) is 2.68. The van der Waals surface area contributed by atoms with E-state index in [1.54, 1.807) is 0 Å². The fraction of sp³-hybridized carbons (Fsp3) is 0.923. The molecule has 0 bridgehead atoms. The number of aliphatic hydroxyl groups excluding tert-OH is 1. The molecule has 0 aromatic carbocycles. The Morgan fingerprint density at radius 3 is 2.31 bits per heavy atom. The molecule has 94 valence electrons. The van der Waals surface area contributed by atoms with Crippen LogP contribution in [0.15, 0.2) is 0 Å². The molecule has 0 aromatic rings. The molecule has 0 aromatic heterocycles. The molecule has 1 fully saturated rings. The molecule has 0 radical (unpaired) electrons. The minimum Gasteiger partial charge on any atom is -0.395 e. The van der Waals surface area contributed by atoms with Gasteiger partial charge in [-0.05, 0) is 19.4 Å². The van der Waals surface area contributed by atoms with Gasteiger partial charge in [-0.1, -0.05) is 32.6 Å². The topological polar surface area (TPSA) is 40.5 Å². The van der Waals surface area contributed by atoms with Gasteiger partial charge in [0, 0.05) is 18.5 Å². The molecule has 0 amide bonds. The first-order chi connectivity index (χ1) is 7.76. The normalized spacial score (nSPS) is 20.7. The molecule has 0 spiro atoms. The Morgan fingerprint density at radius 1 is 1.25 bits per heavy atom. The van der Waals surface area contributed by atoms with Gasteiger partial charge in [-0.3, -0.25) is 0 Å². The van der Waals surface area contributed by atoms with Gasteiger partial charge in [0.1, 0.15) is 6.29 Å². The maximum atomic E-state index is 11.4. The van der Waals surface area contributed by atoms with Crippen molar-refractivity contribution in [3.63, 3.8) is 0 Å². The Labute approximate surface area is 98.8 Å². The van der Waals surface area contributed by atoms with Crippen LogP contribution in [-0.4, -0.2) is 42.5 Å². The largest absolute Gasteiger partial charge is 0.395 e. The van der Waals surface area contributed by atoms with E-state index in [0.717, 1.165) is 25.9 Å². The van der Waals surface area contributed by atoms with Crippen molar-refractivity contribution in [2.24, 2.45) is 5.41 Å². The molecule has 0 unspecified atom stereocenters. The lowest BCUT2D eigenvalue weighted by Gasteiger charge is -2.32. The summed E-state index contributed by atoms with van der Waals surface area (Å²) in [5.74, 6) is 0. The molecule has 3 heteroatoms. The molecular formula is C13H25NO2. The summed E-state index contributed by atoms with van der Waals surface area (Å²) in [5.41, 5.74) is -0.137. The second-order valence-electron chi connectivity index (χ2n) is 4.99. The van der Waals surface area contributed by atoms with E-state index in [4.69, 9.17) is 5.11 Å². The summed E-state index contributed by atoms with van der Waals surface area (Å²) in [6.07, 6.45) is 8.11. The lowest BCUT2D eigenvalue weighted by atomic mass is 9.81. The predicted octanol–water partition coefficient (Wildman–Crippen LogP) is 1.84. The first kappa shape index (κ1) is 13.7. The zero-order chi connectivity index (χ0) is 11.9. The standard InChI is InChI=1S/C13H25NO2/c1-2-14(9-10-15)11-13(12-16)7-5-3-4-6-8-13/h12,15H,2-11H2,1H3. The zero-order valence-electron chi connectivity index (χ0n) is 10.5. The Hall–Kier alpha value is -0.410. The fourth-order valence-corrected chi connectivity index (χ4v) is 2.68. The summed E-state index contributed by atoms with van der Waals surface area (Å²) < 4.78 is 0. The second-order valence-corrected chi connectivity index (χ2v) is 4.99. The van der Waals surface area contributed by atoms with E-state index in [2.05, 4.69) is 11.8 Å². The van der Waals surface area contributed by atoms with Crippen molar-refractivity contribution in [3.8, 4) is 0 Å². The molecule has 1 aliphatic carbocycles. The van der Waals surface area contributed by atoms with Crippen molar-refractivity contribution in [3.05, 3.63) is 0 Å². The molecule has 1 N–H and O–H groups in total. The molecule has 3 nitrogen and oxygen atoms in total. The van der Waals surface area contributed by atoms with Crippen molar-refractivity contribution < 1.29 is 9.90 Å². The number of aliphatic hydroxyl groups is 1. The smallest absolute Gasteiger partial charge is 0.127 e.